The molecule has 0 spiro atoms. The van der Waals surface area contributed by atoms with E-state index in [0.29, 0.717) is 27.5 Å². The van der Waals surface area contributed by atoms with E-state index in [2.05, 4.69) is 0 Å². The summed E-state index contributed by atoms with van der Waals surface area (Å²) in [5, 5.41) is 0.439. The van der Waals surface area contributed by atoms with Crippen LogP contribution >= 0.6 is 11.6 Å². The lowest BCUT2D eigenvalue weighted by Gasteiger charge is -2.07. The van der Waals surface area contributed by atoms with Gasteiger partial charge in [-0.1, -0.05) is 11.6 Å². The molecule has 0 aliphatic heterocycles. The summed E-state index contributed by atoms with van der Waals surface area (Å²) in [4.78, 5) is 12.3. The molecule has 0 N–H and O–H groups in total. The summed E-state index contributed by atoms with van der Waals surface area (Å²) in [5.41, 5.74) is 1.32. The van der Waals surface area contributed by atoms with Gasteiger partial charge in [-0.3, -0.25) is 4.79 Å². The molecule has 0 saturated carbocycles. The second-order valence-electron chi connectivity index (χ2n) is 4.14. The molecule has 0 saturated heterocycles. The summed E-state index contributed by atoms with van der Waals surface area (Å²) in [6.45, 7) is 1.62. The Hall–Kier alpha value is -1.87. The molecule has 0 atom stereocenters. The molecule has 0 unspecified atom stereocenters. The van der Waals surface area contributed by atoms with Gasteiger partial charge in [-0.2, -0.15) is 0 Å². The van der Waals surface area contributed by atoms with E-state index < -0.39 is 0 Å². The van der Waals surface area contributed by atoms with Gasteiger partial charge >= 0.3 is 0 Å². The fourth-order valence-electron chi connectivity index (χ4n) is 1.75. The molecule has 0 aromatic heterocycles. The van der Waals surface area contributed by atoms with Crippen LogP contribution in [0.5, 0.6) is 5.75 Å². The van der Waals surface area contributed by atoms with Crippen LogP contribution in [0, 0.1) is 12.7 Å². The molecule has 0 heterocycles. The lowest BCUT2D eigenvalue weighted by atomic mass is 10.0. The van der Waals surface area contributed by atoms with Gasteiger partial charge in [0.25, 0.3) is 0 Å². The third-order valence-corrected chi connectivity index (χ3v) is 3.15. The third-order valence-electron chi connectivity index (χ3n) is 2.83. The summed E-state index contributed by atoms with van der Waals surface area (Å²) in [5.74, 6) is -0.0883. The summed E-state index contributed by atoms with van der Waals surface area (Å²) < 4.78 is 18.3. The Morgan fingerprint density at radius 2 is 1.79 bits per heavy atom. The van der Waals surface area contributed by atoms with Crippen LogP contribution in [0.4, 0.5) is 4.39 Å². The van der Waals surface area contributed by atoms with Crippen LogP contribution in [0.1, 0.15) is 21.5 Å². The van der Waals surface area contributed by atoms with E-state index >= 15 is 0 Å². The van der Waals surface area contributed by atoms with Crippen molar-refractivity contribution in [1.82, 2.24) is 0 Å². The van der Waals surface area contributed by atoms with Crippen molar-refractivity contribution in [2.75, 3.05) is 7.11 Å². The minimum Gasteiger partial charge on any atom is -0.495 e. The molecule has 0 radical (unpaired) electrons. The maximum atomic E-state index is 13.2. The standard InChI is InChI=1S/C15H12ClFO2/c1-9-7-10(4-6-13(9)17)15(18)11-3-5-12(16)14(8-11)19-2/h3-8H,1-2H3. The van der Waals surface area contributed by atoms with E-state index in [-0.39, 0.29) is 11.6 Å². The van der Waals surface area contributed by atoms with Crippen molar-refractivity contribution in [3.8, 4) is 5.75 Å². The number of methoxy groups -OCH3 is 1. The van der Waals surface area contributed by atoms with Crippen molar-refractivity contribution in [2.24, 2.45) is 0 Å². The highest BCUT2D eigenvalue weighted by molar-refractivity contribution is 6.32. The molecule has 2 rings (SSSR count). The largest absolute Gasteiger partial charge is 0.495 e. The average molecular weight is 279 g/mol. The molecule has 0 aliphatic rings. The van der Waals surface area contributed by atoms with E-state index in [1.165, 1.54) is 25.3 Å². The van der Waals surface area contributed by atoms with E-state index in [1.807, 2.05) is 0 Å². The first-order chi connectivity index (χ1) is 9.02. The van der Waals surface area contributed by atoms with Crippen molar-refractivity contribution in [2.45, 2.75) is 6.92 Å². The van der Waals surface area contributed by atoms with Gasteiger partial charge in [-0.25, -0.2) is 4.39 Å². The van der Waals surface area contributed by atoms with Gasteiger partial charge in [0.2, 0.25) is 0 Å². The van der Waals surface area contributed by atoms with Gasteiger partial charge in [0.05, 0.1) is 12.1 Å². The molecule has 0 aliphatic carbocycles. The minimum absolute atomic E-state index is 0.196. The first-order valence-corrected chi connectivity index (χ1v) is 6.05. The normalized spacial score (nSPS) is 10.3. The highest BCUT2D eigenvalue weighted by atomic mass is 35.5. The number of hydrogen-bond donors (Lipinski definition) is 0. The number of aryl methyl sites for hydroxylation is 1. The lowest BCUT2D eigenvalue weighted by molar-refractivity contribution is 0.103. The second kappa shape index (κ2) is 5.41. The average Bonchev–Trinajstić information content (AvgIpc) is 2.41. The number of ketones is 1. The Morgan fingerprint density at radius 3 is 2.42 bits per heavy atom. The predicted molar refractivity (Wildman–Crippen MR) is 72.6 cm³/mol. The lowest BCUT2D eigenvalue weighted by Crippen LogP contribution is -2.02. The van der Waals surface area contributed by atoms with Gasteiger partial charge in [-0.05, 0) is 48.9 Å². The molecular formula is C15H12ClFO2. The molecule has 98 valence electrons. The molecule has 0 amide bonds. The maximum Gasteiger partial charge on any atom is 0.193 e. The molecule has 2 aromatic rings. The quantitative estimate of drug-likeness (QED) is 0.793. The molecule has 2 aromatic carbocycles. The fraction of sp³-hybridized carbons (Fsp3) is 0.133. The summed E-state index contributed by atoms with van der Waals surface area (Å²) >= 11 is 5.91. The second-order valence-corrected chi connectivity index (χ2v) is 4.55. The highest BCUT2D eigenvalue weighted by Crippen LogP contribution is 2.26. The van der Waals surface area contributed by atoms with Crippen molar-refractivity contribution in [3.05, 3.63) is 63.9 Å². The third kappa shape index (κ3) is 2.76. The number of benzene rings is 2. The Bertz CT molecular complexity index is 638. The maximum absolute atomic E-state index is 13.2. The van der Waals surface area contributed by atoms with Crippen LogP contribution in [0.2, 0.25) is 5.02 Å². The van der Waals surface area contributed by atoms with Gasteiger partial charge < -0.3 is 4.74 Å². The minimum atomic E-state index is -0.328. The van der Waals surface area contributed by atoms with Gasteiger partial charge in [0.1, 0.15) is 11.6 Å². The van der Waals surface area contributed by atoms with E-state index in [9.17, 15) is 9.18 Å². The SMILES string of the molecule is COc1cc(C(=O)c2ccc(F)c(C)c2)ccc1Cl. The number of carbonyl (C=O) groups excluding carboxylic acids is 1. The summed E-state index contributed by atoms with van der Waals surface area (Å²) in [7, 11) is 1.48. The van der Waals surface area contributed by atoms with Crippen LogP contribution in [0.25, 0.3) is 0 Å². The molecule has 2 nitrogen and oxygen atoms in total. The Labute approximate surface area is 115 Å². The van der Waals surface area contributed by atoms with Gasteiger partial charge in [-0.15, -0.1) is 0 Å². The summed E-state index contributed by atoms with van der Waals surface area (Å²) in [6, 6.07) is 9.07. The number of hydrogen-bond acceptors (Lipinski definition) is 2. The van der Waals surface area contributed by atoms with Crippen LogP contribution in [0.3, 0.4) is 0 Å². The van der Waals surface area contributed by atoms with Crippen LogP contribution in [-0.4, -0.2) is 12.9 Å². The Balaban J connectivity index is 2.41. The number of halogens is 2. The smallest absolute Gasteiger partial charge is 0.193 e. The number of ether oxygens (including phenoxy) is 1. The Morgan fingerprint density at radius 1 is 1.16 bits per heavy atom. The summed E-state index contributed by atoms with van der Waals surface area (Å²) in [6.07, 6.45) is 0. The zero-order valence-corrected chi connectivity index (χ0v) is 11.3. The molecule has 4 heteroatoms. The first-order valence-electron chi connectivity index (χ1n) is 5.67. The van der Waals surface area contributed by atoms with Gasteiger partial charge in [0, 0.05) is 11.1 Å². The van der Waals surface area contributed by atoms with Crippen LogP contribution in [0.15, 0.2) is 36.4 Å². The van der Waals surface area contributed by atoms with Crippen molar-refractivity contribution < 1.29 is 13.9 Å². The fourth-order valence-corrected chi connectivity index (χ4v) is 1.95. The zero-order chi connectivity index (χ0) is 14.0. The first kappa shape index (κ1) is 13.6. The van der Waals surface area contributed by atoms with Crippen molar-refractivity contribution in [1.29, 1.82) is 0 Å². The molecule has 19 heavy (non-hydrogen) atoms. The topological polar surface area (TPSA) is 26.3 Å². The van der Waals surface area contributed by atoms with E-state index in [0.717, 1.165) is 0 Å². The molecular weight excluding hydrogens is 267 g/mol. The Kier molecular flexibility index (Phi) is 3.86. The monoisotopic (exact) mass is 278 g/mol. The number of rotatable bonds is 3. The van der Waals surface area contributed by atoms with Crippen molar-refractivity contribution in [3.63, 3.8) is 0 Å². The molecule has 0 fully saturated rings. The van der Waals surface area contributed by atoms with Crippen LogP contribution in [-0.2, 0) is 0 Å². The molecule has 0 bridgehead atoms. The predicted octanol–water partition coefficient (Wildman–Crippen LogP) is 4.03. The zero-order valence-electron chi connectivity index (χ0n) is 10.5. The number of carbonyl (C=O) groups is 1. The van der Waals surface area contributed by atoms with E-state index in [1.54, 1.807) is 25.1 Å². The highest BCUT2D eigenvalue weighted by Gasteiger charge is 2.12. The van der Waals surface area contributed by atoms with Crippen LogP contribution < -0.4 is 4.74 Å². The van der Waals surface area contributed by atoms with Crippen molar-refractivity contribution >= 4 is 17.4 Å². The van der Waals surface area contributed by atoms with Gasteiger partial charge in [0.15, 0.2) is 5.78 Å². The van der Waals surface area contributed by atoms with E-state index in [4.69, 9.17) is 16.3 Å².